The number of benzene rings is 1. The Hall–Kier alpha value is -1.38. The molecule has 0 spiro atoms. The van der Waals surface area contributed by atoms with Crippen molar-refractivity contribution in [2.75, 3.05) is 18.4 Å². The fourth-order valence-corrected chi connectivity index (χ4v) is 2.56. The summed E-state index contributed by atoms with van der Waals surface area (Å²) in [5.41, 5.74) is 1.06. The van der Waals surface area contributed by atoms with Gasteiger partial charge < -0.3 is 9.64 Å². The molecule has 1 fully saturated rings. The van der Waals surface area contributed by atoms with Crippen molar-refractivity contribution in [3.05, 3.63) is 35.4 Å². The average molecular weight is 323 g/mol. The Bertz CT molecular complexity index is 512. The number of hydrogen-bond donors (Lipinski definition) is 0. The molecule has 1 aromatic rings. The zero-order valence-corrected chi connectivity index (χ0v) is 12.3. The van der Waals surface area contributed by atoms with Gasteiger partial charge in [0.15, 0.2) is 0 Å². The first-order chi connectivity index (χ1) is 9.13. The van der Waals surface area contributed by atoms with E-state index in [1.165, 1.54) is 0 Å². The van der Waals surface area contributed by atoms with Gasteiger partial charge in [0.25, 0.3) is 5.91 Å². The standard InChI is InChI=1S/C14H15BrN2O2/c1-10-8-17(9-13(6-15)19-10)14(18)12-4-2-3-11(5-12)7-16/h2-5,10,13H,6,8-9H2,1H3. The number of ether oxygens (including phenoxy) is 1. The number of halogens is 1. The lowest BCUT2D eigenvalue weighted by atomic mass is 10.1. The van der Waals surface area contributed by atoms with Crippen LogP contribution < -0.4 is 0 Å². The molecule has 2 atom stereocenters. The zero-order valence-electron chi connectivity index (χ0n) is 10.7. The quantitative estimate of drug-likeness (QED) is 0.784. The third kappa shape index (κ3) is 3.34. The first-order valence-corrected chi connectivity index (χ1v) is 7.27. The van der Waals surface area contributed by atoms with Gasteiger partial charge in [-0.3, -0.25) is 4.79 Å². The number of carbonyl (C=O) groups excluding carboxylic acids is 1. The second-order valence-corrected chi connectivity index (χ2v) is 5.27. The molecule has 0 saturated carbocycles. The van der Waals surface area contributed by atoms with E-state index in [0.717, 1.165) is 0 Å². The Morgan fingerprint density at radius 2 is 2.37 bits per heavy atom. The molecule has 0 radical (unpaired) electrons. The third-order valence-corrected chi connectivity index (χ3v) is 3.75. The second kappa shape index (κ2) is 6.18. The van der Waals surface area contributed by atoms with Crippen molar-refractivity contribution in [1.29, 1.82) is 5.26 Å². The largest absolute Gasteiger partial charge is 0.371 e. The summed E-state index contributed by atoms with van der Waals surface area (Å²) in [4.78, 5) is 14.2. The second-order valence-electron chi connectivity index (χ2n) is 4.63. The van der Waals surface area contributed by atoms with Crippen molar-refractivity contribution >= 4 is 21.8 Å². The molecule has 0 N–H and O–H groups in total. The number of amides is 1. The van der Waals surface area contributed by atoms with Crippen LogP contribution in [0.15, 0.2) is 24.3 Å². The van der Waals surface area contributed by atoms with E-state index in [1.54, 1.807) is 29.2 Å². The minimum atomic E-state index is -0.0433. The summed E-state index contributed by atoms with van der Waals surface area (Å²) in [5.74, 6) is -0.0433. The van der Waals surface area contributed by atoms with Crippen molar-refractivity contribution < 1.29 is 9.53 Å². The molecule has 2 rings (SSSR count). The number of rotatable bonds is 2. The van der Waals surface area contributed by atoms with Gasteiger partial charge >= 0.3 is 0 Å². The van der Waals surface area contributed by atoms with Crippen molar-refractivity contribution in [3.63, 3.8) is 0 Å². The molecule has 2 unspecified atom stereocenters. The normalized spacial score (nSPS) is 22.9. The summed E-state index contributed by atoms with van der Waals surface area (Å²) in [6, 6.07) is 8.85. The van der Waals surface area contributed by atoms with E-state index in [9.17, 15) is 4.79 Å². The van der Waals surface area contributed by atoms with E-state index in [-0.39, 0.29) is 18.1 Å². The van der Waals surface area contributed by atoms with Gasteiger partial charge in [0.2, 0.25) is 0 Å². The van der Waals surface area contributed by atoms with E-state index < -0.39 is 0 Å². The van der Waals surface area contributed by atoms with Crippen molar-refractivity contribution in [1.82, 2.24) is 4.90 Å². The van der Waals surface area contributed by atoms with E-state index in [0.29, 0.717) is 29.5 Å². The fraction of sp³-hybridized carbons (Fsp3) is 0.429. The Morgan fingerprint density at radius 1 is 1.58 bits per heavy atom. The maximum absolute atomic E-state index is 12.4. The van der Waals surface area contributed by atoms with Gasteiger partial charge in [0.05, 0.1) is 23.8 Å². The highest BCUT2D eigenvalue weighted by Gasteiger charge is 2.28. The number of morpholine rings is 1. The van der Waals surface area contributed by atoms with Crippen molar-refractivity contribution in [2.24, 2.45) is 0 Å². The molecule has 0 aliphatic carbocycles. The van der Waals surface area contributed by atoms with Crippen LogP contribution in [0.25, 0.3) is 0 Å². The molecule has 1 heterocycles. The SMILES string of the molecule is CC1CN(C(=O)c2cccc(C#N)c2)CC(CBr)O1. The summed E-state index contributed by atoms with van der Waals surface area (Å²) < 4.78 is 5.70. The fourth-order valence-electron chi connectivity index (χ4n) is 2.20. The molecule has 1 aliphatic rings. The summed E-state index contributed by atoms with van der Waals surface area (Å²) >= 11 is 3.39. The van der Waals surface area contributed by atoms with E-state index in [2.05, 4.69) is 22.0 Å². The molecule has 19 heavy (non-hydrogen) atoms. The monoisotopic (exact) mass is 322 g/mol. The van der Waals surface area contributed by atoms with Gasteiger partial charge in [0, 0.05) is 24.0 Å². The van der Waals surface area contributed by atoms with Crippen molar-refractivity contribution in [2.45, 2.75) is 19.1 Å². The lowest BCUT2D eigenvalue weighted by Crippen LogP contribution is -2.49. The predicted octanol–water partition coefficient (Wildman–Crippen LogP) is 2.18. The lowest BCUT2D eigenvalue weighted by Gasteiger charge is -2.36. The van der Waals surface area contributed by atoms with E-state index in [1.807, 2.05) is 6.92 Å². The number of hydrogen-bond acceptors (Lipinski definition) is 3. The van der Waals surface area contributed by atoms with Crippen LogP contribution in [0, 0.1) is 11.3 Å². The molecule has 1 aromatic carbocycles. The van der Waals surface area contributed by atoms with E-state index in [4.69, 9.17) is 10.00 Å². The van der Waals surface area contributed by atoms with Crippen LogP contribution in [0.4, 0.5) is 0 Å². The smallest absolute Gasteiger partial charge is 0.254 e. The van der Waals surface area contributed by atoms with Gasteiger partial charge in [-0.1, -0.05) is 22.0 Å². The van der Waals surface area contributed by atoms with Crippen LogP contribution in [0.3, 0.4) is 0 Å². The van der Waals surface area contributed by atoms with Gasteiger partial charge in [0.1, 0.15) is 0 Å². The summed E-state index contributed by atoms with van der Waals surface area (Å²) in [6.07, 6.45) is 0.0475. The Balaban J connectivity index is 2.16. The highest BCUT2D eigenvalue weighted by atomic mass is 79.9. The maximum atomic E-state index is 12.4. The molecule has 0 aromatic heterocycles. The first-order valence-electron chi connectivity index (χ1n) is 6.15. The van der Waals surface area contributed by atoms with Crippen LogP contribution in [0.1, 0.15) is 22.8 Å². The van der Waals surface area contributed by atoms with Crippen LogP contribution in [-0.2, 0) is 4.74 Å². The average Bonchev–Trinajstić information content (AvgIpc) is 2.45. The maximum Gasteiger partial charge on any atom is 0.254 e. The molecule has 4 nitrogen and oxygen atoms in total. The van der Waals surface area contributed by atoms with Crippen LogP contribution in [-0.4, -0.2) is 41.4 Å². The molecule has 1 amide bonds. The first kappa shape index (κ1) is 14.0. The van der Waals surface area contributed by atoms with Gasteiger partial charge in [-0.25, -0.2) is 0 Å². The number of carbonyl (C=O) groups is 1. The molecule has 100 valence electrons. The minimum absolute atomic E-state index is 0.0202. The highest BCUT2D eigenvalue weighted by molar-refractivity contribution is 9.09. The van der Waals surface area contributed by atoms with Crippen LogP contribution in [0.2, 0.25) is 0 Å². The number of nitriles is 1. The third-order valence-electron chi connectivity index (χ3n) is 3.02. The van der Waals surface area contributed by atoms with Gasteiger partial charge in [-0.15, -0.1) is 0 Å². The molecule has 1 aliphatic heterocycles. The van der Waals surface area contributed by atoms with E-state index >= 15 is 0 Å². The van der Waals surface area contributed by atoms with Crippen molar-refractivity contribution in [3.8, 4) is 6.07 Å². The Morgan fingerprint density at radius 3 is 3.05 bits per heavy atom. The molecular weight excluding hydrogens is 308 g/mol. The van der Waals surface area contributed by atoms with Crippen LogP contribution in [0.5, 0.6) is 0 Å². The molecule has 1 saturated heterocycles. The molecule has 5 heteroatoms. The van der Waals surface area contributed by atoms with Gasteiger partial charge in [-0.2, -0.15) is 5.26 Å². The predicted molar refractivity (Wildman–Crippen MR) is 75.2 cm³/mol. The molecule has 0 bridgehead atoms. The summed E-state index contributed by atoms with van der Waals surface area (Å²) in [7, 11) is 0. The topological polar surface area (TPSA) is 53.3 Å². The van der Waals surface area contributed by atoms with Gasteiger partial charge in [-0.05, 0) is 25.1 Å². The zero-order chi connectivity index (χ0) is 13.8. The Kier molecular flexibility index (Phi) is 4.56. The summed E-state index contributed by atoms with van der Waals surface area (Å²) in [6.45, 7) is 3.12. The number of alkyl halides is 1. The summed E-state index contributed by atoms with van der Waals surface area (Å²) in [5, 5.41) is 9.58. The highest BCUT2D eigenvalue weighted by Crippen LogP contribution is 2.16. The number of nitrogens with zero attached hydrogens (tertiary/aromatic N) is 2. The lowest BCUT2D eigenvalue weighted by molar-refractivity contribution is -0.0559. The van der Waals surface area contributed by atoms with Crippen LogP contribution >= 0.6 is 15.9 Å². The Labute approximate surface area is 121 Å². The minimum Gasteiger partial charge on any atom is -0.371 e. The molecular formula is C14H15BrN2O2.